The fraction of sp³-hybridized carbons (Fsp3) is 0.933. The average molecular weight is 254 g/mol. The van der Waals surface area contributed by atoms with Crippen molar-refractivity contribution >= 4 is 5.91 Å². The van der Waals surface area contributed by atoms with Crippen molar-refractivity contribution in [2.24, 2.45) is 11.8 Å². The van der Waals surface area contributed by atoms with Crippen LogP contribution in [0.3, 0.4) is 0 Å². The lowest BCUT2D eigenvalue weighted by Gasteiger charge is -2.39. The van der Waals surface area contributed by atoms with Crippen LogP contribution in [0.4, 0.5) is 0 Å². The minimum absolute atomic E-state index is 0.112. The molecule has 1 saturated heterocycles. The second-order valence-corrected chi connectivity index (χ2v) is 6.25. The zero-order valence-electron chi connectivity index (χ0n) is 12.5. The molecule has 0 saturated carbocycles. The van der Waals surface area contributed by atoms with Crippen LogP contribution in [0, 0.1) is 11.8 Å². The summed E-state index contributed by atoms with van der Waals surface area (Å²) in [7, 11) is 0. The van der Waals surface area contributed by atoms with Crippen LogP contribution in [0.2, 0.25) is 0 Å². The van der Waals surface area contributed by atoms with Gasteiger partial charge in [-0.15, -0.1) is 0 Å². The van der Waals surface area contributed by atoms with Crippen LogP contribution in [-0.4, -0.2) is 36.5 Å². The monoisotopic (exact) mass is 254 g/mol. The number of piperidine rings is 1. The average Bonchev–Trinajstić information content (AvgIpc) is 2.24. The molecule has 1 aliphatic rings. The first-order valence-electron chi connectivity index (χ1n) is 7.50. The number of carbonyl (C=O) groups excluding carboxylic acids is 1. The zero-order chi connectivity index (χ0) is 13.5. The van der Waals surface area contributed by atoms with E-state index in [1.807, 2.05) is 0 Å². The third-order valence-electron chi connectivity index (χ3n) is 3.61. The zero-order valence-corrected chi connectivity index (χ0v) is 12.5. The van der Waals surface area contributed by atoms with Gasteiger partial charge < -0.3 is 10.2 Å². The SMILES string of the molecule is CCCCC1CC(NC(C)=O)CN(CC(C)C)C1. The van der Waals surface area contributed by atoms with E-state index >= 15 is 0 Å². The number of rotatable bonds is 6. The lowest BCUT2D eigenvalue weighted by Crippen LogP contribution is -2.51. The maximum atomic E-state index is 11.2. The number of likely N-dealkylation sites (tertiary alicyclic amines) is 1. The van der Waals surface area contributed by atoms with E-state index in [1.165, 1.54) is 25.8 Å². The van der Waals surface area contributed by atoms with Gasteiger partial charge in [-0.1, -0.05) is 33.6 Å². The molecule has 1 amide bonds. The molecule has 0 aromatic heterocycles. The van der Waals surface area contributed by atoms with Gasteiger partial charge in [0.05, 0.1) is 0 Å². The maximum absolute atomic E-state index is 11.2. The van der Waals surface area contributed by atoms with Gasteiger partial charge in [-0.25, -0.2) is 0 Å². The van der Waals surface area contributed by atoms with Crippen LogP contribution >= 0.6 is 0 Å². The quantitative estimate of drug-likeness (QED) is 0.790. The van der Waals surface area contributed by atoms with Gasteiger partial charge in [-0.2, -0.15) is 0 Å². The molecule has 0 spiro atoms. The summed E-state index contributed by atoms with van der Waals surface area (Å²) >= 11 is 0. The second-order valence-electron chi connectivity index (χ2n) is 6.25. The summed E-state index contributed by atoms with van der Waals surface area (Å²) in [6.07, 6.45) is 5.05. The van der Waals surface area contributed by atoms with Crippen LogP contribution in [0.25, 0.3) is 0 Å². The lowest BCUT2D eigenvalue weighted by molar-refractivity contribution is -0.120. The number of hydrogen-bond acceptors (Lipinski definition) is 2. The van der Waals surface area contributed by atoms with E-state index in [0.717, 1.165) is 25.4 Å². The predicted octanol–water partition coefficient (Wildman–Crippen LogP) is 2.66. The van der Waals surface area contributed by atoms with Crippen molar-refractivity contribution in [1.82, 2.24) is 10.2 Å². The van der Waals surface area contributed by atoms with E-state index in [1.54, 1.807) is 6.92 Å². The smallest absolute Gasteiger partial charge is 0.217 e. The van der Waals surface area contributed by atoms with Crippen molar-refractivity contribution in [2.45, 2.75) is 59.4 Å². The minimum Gasteiger partial charge on any atom is -0.352 e. The molecule has 106 valence electrons. The Balaban J connectivity index is 2.51. The molecule has 0 aromatic carbocycles. The summed E-state index contributed by atoms with van der Waals surface area (Å²) in [5, 5.41) is 3.11. The summed E-state index contributed by atoms with van der Waals surface area (Å²) in [5.74, 6) is 1.57. The molecule has 0 radical (unpaired) electrons. The van der Waals surface area contributed by atoms with Crippen molar-refractivity contribution in [2.75, 3.05) is 19.6 Å². The Bertz CT molecular complexity index is 253. The molecule has 0 aliphatic carbocycles. The van der Waals surface area contributed by atoms with E-state index in [0.29, 0.717) is 12.0 Å². The van der Waals surface area contributed by atoms with Gasteiger partial charge >= 0.3 is 0 Å². The number of amides is 1. The standard InChI is InChI=1S/C15H30N2O/c1-5-6-7-14-8-15(16-13(4)18)11-17(10-14)9-12(2)3/h12,14-15H,5-11H2,1-4H3,(H,16,18). The summed E-state index contributed by atoms with van der Waals surface area (Å²) in [4.78, 5) is 13.8. The lowest BCUT2D eigenvalue weighted by atomic mass is 9.89. The van der Waals surface area contributed by atoms with Gasteiger partial charge in [0.25, 0.3) is 0 Å². The first kappa shape index (κ1) is 15.5. The second kappa shape index (κ2) is 7.78. The van der Waals surface area contributed by atoms with Gasteiger partial charge in [0, 0.05) is 32.6 Å². The highest BCUT2D eigenvalue weighted by molar-refractivity contribution is 5.73. The normalized spacial score (nSPS) is 25.4. The van der Waals surface area contributed by atoms with Crippen molar-refractivity contribution < 1.29 is 4.79 Å². The van der Waals surface area contributed by atoms with E-state index in [4.69, 9.17) is 0 Å². The third-order valence-corrected chi connectivity index (χ3v) is 3.61. The molecule has 1 N–H and O–H groups in total. The highest BCUT2D eigenvalue weighted by Gasteiger charge is 2.27. The van der Waals surface area contributed by atoms with Crippen LogP contribution in [0.1, 0.15) is 53.4 Å². The fourth-order valence-corrected chi connectivity index (χ4v) is 3.06. The van der Waals surface area contributed by atoms with E-state index in [-0.39, 0.29) is 5.91 Å². The topological polar surface area (TPSA) is 32.3 Å². The van der Waals surface area contributed by atoms with E-state index in [2.05, 4.69) is 31.0 Å². The molecular weight excluding hydrogens is 224 g/mol. The van der Waals surface area contributed by atoms with Crippen LogP contribution in [0.15, 0.2) is 0 Å². The van der Waals surface area contributed by atoms with Gasteiger partial charge in [-0.3, -0.25) is 4.79 Å². The predicted molar refractivity (Wildman–Crippen MR) is 76.5 cm³/mol. The molecule has 2 atom stereocenters. The van der Waals surface area contributed by atoms with Gasteiger partial charge in [0.2, 0.25) is 5.91 Å². The number of hydrogen-bond donors (Lipinski definition) is 1. The molecule has 0 aromatic rings. The Morgan fingerprint density at radius 3 is 2.67 bits per heavy atom. The van der Waals surface area contributed by atoms with E-state index in [9.17, 15) is 4.79 Å². The highest BCUT2D eigenvalue weighted by atomic mass is 16.1. The van der Waals surface area contributed by atoms with Gasteiger partial charge in [0.15, 0.2) is 0 Å². The molecule has 3 nitrogen and oxygen atoms in total. The first-order chi connectivity index (χ1) is 8.51. The van der Waals surface area contributed by atoms with Crippen LogP contribution < -0.4 is 5.32 Å². The Labute approximate surface area is 112 Å². The molecule has 2 unspecified atom stereocenters. The Kier molecular flexibility index (Phi) is 6.69. The number of unbranched alkanes of at least 4 members (excludes halogenated alkanes) is 1. The summed E-state index contributed by atoms with van der Waals surface area (Å²) in [6.45, 7) is 11.8. The third kappa shape index (κ3) is 5.85. The summed E-state index contributed by atoms with van der Waals surface area (Å²) < 4.78 is 0. The number of nitrogens with one attached hydrogen (secondary N) is 1. The largest absolute Gasteiger partial charge is 0.352 e. The molecule has 1 heterocycles. The van der Waals surface area contributed by atoms with Crippen molar-refractivity contribution in [1.29, 1.82) is 0 Å². The molecule has 1 rings (SSSR count). The minimum atomic E-state index is 0.112. The molecule has 0 bridgehead atoms. The fourth-order valence-electron chi connectivity index (χ4n) is 3.06. The maximum Gasteiger partial charge on any atom is 0.217 e. The highest BCUT2D eigenvalue weighted by Crippen LogP contribution is 2.22. The van der Waals surface area contributed by atoms with Gasteiger partial charge in [0.1, 0.15) is 0 Å². The summed E-state index contributed by atoms with van der Waals surface area (Å²) in [6, 6.07) is 0.358. The molecule has 1 fully saturated rings. The first-order valence-corrected chi connectivity index (χ1v) is 7.50. The van der Waals surface area contributed by atoms with Crippen LogP contribution in [-0.2, 0) is 4.79 Å². The number of nitrogens with zero attached hydrogens (tertiary/aromatic N) is 1. The Morgan fingerprint density at radius 1 is 1.39 bits per heavy atom. The molecule has 3 heteroatoms. The van der Waals surface area contributed by atoms with Crippen LogP contribution in [0.5, 0.6) is 0 Å². The van der Waals surface area contributed by atoms with Crippen molar-refractivity contribution in [3.05, 3.63) is 0 Å². The number of carbonyl (C=O) groups is 1. The van der Waals surface area contributed by atoms with Crippen molar-refractivity contribution in [3.8, 4) is 0 Å². The molecule has 18 heavy (non-hydrogen) atoms. The molecular formula is C15H30N2O. The Morgan fingerprint density at radius 2 is 2.11 bits per heavy atom. The Hall–Kier alpha value is -0.570. The van der Waals surface area contributed by atoms with Gasteiger partial charge in [-0.05, 0) is 24.7 Å². The van der Waals surface area contributed by atoms with E-state index < -0.39 is 0 Å². The summed E-state index contributed by atoms with van der Waals surface area (Å²) in [5.41, 5.74) is 0. The van der Waals surface area contributed by atoms with Crippen molar-refractivity contribution in [3.63, 3.8) is 0 Å². The molecule has 1 aliphatic heterocycles.